The molecule has 0 aromatic heterocycles. The highest BCUT2D eigenvalue weighted by Gasteiger charge is 2.37. The molecule has 1 N–H and O–H groups in total. The maximum atomic E-state index is 11.0. The second-order valence-electron chi connectivity index (χ2n) is 2.60. The summed E-state index contributed by atoms with van der Waals surface area (Å²) < 4.78 is 0. The summed E-state index contributed by atoms with van der Waals surface area (Å²) in [5.74, 6) is 2.97. The molecule has 0 aromatic carbocycles. The molecule has 0 bridgehead atoms. The molecule has 0 amide bonds. The van der Waals surface area contributed by atoms with Crippen LogP contribution in [0.15, 0.2) is 0 Å². The first-order chi connectivity index (χ1) is 4.38. The molecule has 2 fully saturated rings. The molecule has 2 nitrogen and oxygen atoms in total. The van der Waals surface area contributed by atoms with Crippen molar-refractivity contribution in [2.45, 2.75) is 6.04 Å². The van der Waals surface area contributed by atoms with E-state index in [1.165, 1.54) is 0 Å². The summed E-state index contributed by atoms with van der Waals surface area (Å²) in [7, 11) is 0. The van der Waals surface area contributed by atoms with Crippen molar-refractivity contribution < 1.29 is 4.79 Å². The van der Waals surface area contributed by atoms with Gasteiger partial charge in [0.1, 0.15) is 0 Å². The van der Waals surface area contributed by atoms with E-state index in [4.69, 9.17) is 0 Å². The van der Waals surface area contributed by atoms with Crippen molar-refractivity contribution in [2.24, 2.45) is 5.92 Å². The number of Topliss-reactive ketones (excluding diaryl/α,β-unsaturated/α-hetero) is 1. The molecule has 50 valence electrons. The fraction of sp³-hybridized carbons (Fsp3) is 0.833. The van der Waals surface area contributed by atoms with Crippen molar-refractivity contribution in [1.29, 1.82) is 0 Å². The zero-order valence-corrected chi connectivity index (χ0v) is 5.91. The Morgan fingerprint density at radius 3 is 3.22 bits per heavy atom. The highest BCUT2D eigenvalue weighted by atomic mass is 32.2. The number of hydrogen-bond acceptors (Lipinski definition) is 3. The maximum absolute atomic E-state index is 11.0. The third-order valence-electron chi connectivity index (χ3n) is 2.03. The van der Waals surface area contributed by atoms with Crippen LogP contribution in [0.1, 0.15) is 0 Å². The molecule has 0 spiro atoms. The third kappa shape index (κ3) is 0.792. The lowest BCUT2D eigenvalue weighted by Crippen LogP contribution is -2.25. The van der Waals surface area contributed by atoms with E-state index in [1.54, 1.807) is 0 Å². The smallest absolute Gasteiger partial charge is 0.152 e. The molecule has 2 atom stereocenters. The Morgan fingerprint density at radius 1 is 1.56 bits per heavy atom. The summed E-state index contributed by atoms with van der Waals surface area (Å²) in [5, 5.41) is 3.20. The molecule has 0 aromatic rings. The van der Waals surface area contributed by atoms with Gasteiger partial charge in [0.2, 0.25) is 0 Å². The van der Waals surface area contributed by atoms with Gasteiger partial charge in [0.25, 0.3) is 0 Å². The monoisotopic (exact) mass is 143 g/mol. The van der Waals surface area contributed by atoms with Gasteiger partial charge in [-0.15, -0.1) is 0 Å². The molecule has 0 radical (unpaired) electrons. The summed E-state index contributed by atoms with van der Waals surface area (Å²) >= 11 is 1.89. The minimum atomic E-state index is 0.356. The van der Waals surface area contributed by atoms with Gasteiger partial charge in [-0.25, -0.2) is 0 Å². The fourth-order valence-corrected chi connectivity index (χ4v) is 2.85. The van der Waals surface area contributed by atoms with Crippen molar-refractivity contribution in [1.82, 2.24) is 5.32 Å². The number of thioether (sulfide) groups is 1. The largest absolute Gasteiger partial charge is 0.306 e. The zero-order chi connectivity index (χ0) is 6.27. The molecule has 0 saturated carbocycles. The van der Waals surface area contributed by atoms with Gasteiger partial charge in [-0.2, -0.15) is 11.8 Å². The van der Waals surface area contributed by atoms with Gasteiger partial charge < -0.3 is 5.32 Å². The molecule has 2 saturated heterocycles. The Bertz CT molecular complexity index is 148. The topological polar surface area (TPSA) is 29.1 Å². The number of rotatable bonds is 0. The van der Waals surface area contributed by atoms with E-state index in [2.05, 4.69) is 5.32 Å². The summed E-state index contributed by atoms with van der Waals surface area (Å²) in [4.78, 5) is 11.0. The normalized spacial score (nSPS) is 41.6. The molecule has 9 heavy (non-hydrogen) atoms. The summed E-state index contributed by atoms with van der Waals surface area (Å²) in [6.45, 7) is 0.621. The zero-order valence-electron chi connectivity index (χ0n) is 5.09. The highest BCUT2D eigenvalue weighted by Crippen LogP contribution is 2.27. The van der Waals surface area contributed by atoms with Gasteiger partial charge in [-0.3, -0.25) is 4.79 Å². The van der Waals surface area contributed by atoms with Crippen LogP contribution in [0.4, 0.5) is 0 Å². The van der Waals surface area contributed by atoms with Crippen LogP contribution in [0.2, 0.25) is 0 Å². The Balaban J connectivity index is 2.15. The lowest BCUT2D eigenvalue weighted by atomic mass is 10.0. The fourth-order valence-electron chi connectivity index (χ4n) is 1.44. The van der Waals surface area contributed by atoms with Crippen molar-refractivity contribution in [3.63, 3.8) is 0 Å². The number of ketones is 1. The first-order valence-corrected chi connectivity index (χ1v) is 4.37. The Labute approximate surface area is 58.4 Å². The van der Waals surface area contributed by atoms with Gasteiger partial charge in [0.15, 0.2) is 5.78 Å². The first kappa shape index (κ1) is 5.74. The molecular formula is C6H9NOS. The first-order valence-electron chi connectivity index (χ1n) is 3.22. The van der Waals surface area contributed by atoms with E-state index in [9.17, 15) is 4.79 Å². The van der Waals surface area contributed by atoms with E-state index in [0.717, 1.165) is 11.5 Å². The van der Waals surface area contributed by atoms with Crippen LogP contribution in [0.25, 0.3) is 0 Å². The lowest BCUT2D eigenvalue weighted by molar-refractivity contribution is -0.119. The summed E-state index contributed by atoms with van der Waals surface area (Å²) in [5.41, 5.74) is 0. The number of carbonyl (C=O) groups excluding carboxylic acids is 1. The molecular weight excluding hydrogens is 134 g/mol. The summed E-state index contributed by atoms with van der Waals surface area (Å²) in [6.07, 6.45) is 0. The van der Waals surface area contributed by atoms with Crippen molar-refractivity contribution in [3.8, 4) is 0 Å². The molecule has 2 unspecified atom stereocenters. The predicted octanol–water partition coefficient (Wildman–Crippen LogP) is -0.110. The van der Waals surface area contributed by atoms with Crippen LogP contribution in [-0.4, -0.2) is 29.9 Å². The maximum Gasteiger partial charge on any atom is 0.152 e. The average molecular weight is 143 g/mol. The van der Waals surface area contributed by atoms with Crippen LogP contribution >= 0.6 is 11.8 Å². The molecule has 0 aliphatic carbocycles. The quantitative estimate of drug-likeness (QED) is 0.513. The molecule has 2 rings (SSSR count). The van der Waals surface area contributed by atoms with Crippen LogP contribution in [0.5, 0.6) is 0 Å². The second-order valence-corrected chi connectivity index (χ2v) is 3.67. The standard InChI is InChI=1S/C6H9NOS/c8-6-1-7-5-3-9-2-4(5)6/h4-5,7H,1-3H2. The number of carbonyl (C=O) groups is 1. The number of fused-ring (bicyclic) bond motifs is 1. The second kappa shape index (κ2) is 1.99. The average Bonchev–Trinajstić information content (AvgIpc) is 2.35. The van der Waals surface area contributed by atoms with E-state index in [0.29, 0.717) is 24.3 Å². The minimum Gasteiger partial charge on any atom is -0.306 e. The van der Waals surface area contributed by atoms with Gasteiger partial charge in [0.05, 0.1) is 6.54 Å². The van der Waals surface area contributed by atoms with Crippen LogP contribution in [0, 0.1) is 5.92 Å². The molecule has 2 aliphatic heterocycles. The van der Waals surface area contributed by atoms with Crippen LogP contribution < -0.4 is 5.32 Å². The molecule has 2 heterocycles. The minimum absolute atomic E-state index is 0.356. The summed E-state index contributed by atoms with van der Waals surface area (Å²) in [6, 6.07) is 0.516. The number of hydrogen-bond donors (Lipinski definition) is 1. The van der Waals surface area contributed by atoms with Crippen LogP contribution in [0.3, 0.4) is 0 Å². The van der Waals surface area contributed by atoms with Gasteiger partial charge in [-0.05, 0) is 0 Å². The van der Waals surface area contributed by atoms with Crippen LogP contribution in [-0.2, 0) is 4.79 Å². The predicted molar refractivity (Wildman–Crippen MR) is 37.6 cm³/mol. The Kier molecular flexibility index (Phi) is 1.27. The van der Waals surface area contributed by atoms with Gasteiger partial charge in [0, 0.05) is 23.5 Å². The molecule has 2 aliphatic rings. The molecule has 3 heteroatoms. The highest BCUT2D eigenvalue weighted by molar-refractivity contribution is 7.99. The van der Waals surface area contributed by atoms with Gasteiger partial charge >= 0.3 is 0 Å². The Morgan fingerprint density at radius 2 is 2.44 bits per heavy atom. The van der Waals surface area contributed by atoms with Gasteiger partial charge in [-0.1, -0.05) is 0 Å². The van der Waals surface area contributed by atoms with Crippen molar-refractivity contribution >= 4 is 17.5 Å². The van der Waals surface area contributed by atoms with E-state index in [-0.39, 0.29) is 0 Å². The van der Waals surface area contributed by atoms with E-state index >= 15 is 0 Å². The third-order valence-corrected chi connectivity index (χ3v) is 3.22. The van der Waals surface area contributed by atoms with Crippen molar-refractivity contribution in [2.75, 3.05) is 18.1 Å². The van der Waals surface area contributed by atoms with Crippen molar-refractivity contribution in [3.05, 3.63) is 0 Å². The SMILES string of the molecule is O=C1CNC2CSCC12. The van der Waals surface area contributed by atoms with E-state index in [1.807, 2.05) is 11.8 Å². The Hall–Kier alpha value is -0.0200. The number of nitrogens with one attached hydrogen (secondary N) is 1. The lowest BCUT2D eigenvalue weighted by Gasteiger charge is -2.02. The van der Waals surface area contributed by atoms with E-state index < -0.39 is 0 Å².